The van der Waals surface area contributed by atoms with Crippen LogP contribution < -0.4 is 19.6 Å². The quantitative estimate of drug-likeness (QED) is 0.117. The van der Waals surface area contributed by atoms with Gasteiger partial charge in [-0.25, -0.2) is 9.79 Å². The lowest BCUT2D eigenvalue weighted by atomic mass is 9.97. The number of ether oxygens (including phenoxy) is 2. The minimum absolute atomic E-state index is 0.205. The molecule has 1 atom stereocenters. The second kappa shape index (κ2) is 14.1. The van der Waals surface area contributed by atoms with Gasteiger partial charge in [0.05, 0.1) is 39.6 Å². The Morgan fingerprint density at radius 1 is 1.02 bits per heavy atom. The van der Waals surface area contributed by atoms with Gasteiger partial charge in [-0.15, -0.1) is 11.3 Å². The van der Waals surface area contributed by atoms with E-state index in [2.05, 4.69) is 45.2 Å². The second-order valence-electron chi connectivity index (χ2n) is 9.80. The number of benzene rings is 3. The molecule has 0 spiro atoms. The Kier molecular flexibility index (Phi) is 10.2. The first-order valence-electron chi connectivity index (χ1n) is 13.6. The van der Waals surface area contributed by atoms with Gasteiger partial charge in [0.15, 0.2) is 4.80 Å². The summed E-state index contributed by atoms with van der Waals surface area (Å²) >= 11 is 19.5. The van der Waals surface area contributed by atoms with Crippen LogP contribution in [-0.2, 0) is 16.1 Å². The zero-order valence-electron chi connectivity index (χ0n) is 23.4. The van der Waals surface area contributed by atoms with Gasteiger partial charge in [-0.05, 0) is 105 Å². The summed E-state index contributed by atoms with van der Waals surface area (Å²) in [6.45, 7) is 2.30. The standard InChI is InChI=1S/C33H22Cl2I2N2O4S2/c1-2-42-32(41)27-28(20-7-4-3-5-8-20)38-33-39(29(27)25-9-6-12-44-25)31(40)26(45-33)16-19-14-23(36)30(24(37)15-19)43-17-18-10-11-21(34)22(35)13-18/h3-16,29H,2,17H2,1H3/b26-16-/t29-/m0/s1. The highest BCUT2D eigenvalue weighted by Gasteiger charge is 2.35. The first-order chi connectivity index (χ1) is 21.7. The molecule has 6 nitrogen and oxygen atoms in total. The van der Waals surface area contributed by atoms with Crippen LogP contribution in [0.25, 0.3) is 11.8 Å². The molecule has 0 saturated carbocycles. The summed E-state index contributed by atoms with van der Waals surface area (Å²) in [4.78, 5) is 33.9. The molecular weight excluding hydrogens is 877 g/mol. The maximum absolute atomic E-state index is 14.1. The maximum Gasteiger partial charge on any atom is 0.338 e. The van der Waals surface area contributed by atoms with Crippen LogP contribution in [-0.4, -0.2) is 17.1 Å². The van der Waals surface area contributed by atoms with Crippen molar-refractivity contribution in [2.75, 3.05) is 6.61 Å². The Balaban J connectivity index is 1.44. The Labute approximate surface area is 303 Å². The summed E-state index contributed by atoms with van der Waals surface area (Å²) < 4.78 is 15.6. The largest absolute Gasteiger partial charge is 0.487 e. The number of aromatic nitrogens is 1. The van der Waals surface area contributed by atoms with Gasteiger partial charge in [0, 0.05) is 10.4 Å². The second-order valence-corrected chi connectivity index (χ2v) is 14.9. The third-order valence-electron chi connectivity index (χ3n) is 6.87. The Morgan fingerprint density at radius 2 is 1.78 bits per heavy atom. The predicted octanol–water partition coefficient (Wildman–Crippen LogP) is 8.09. The van der Waals surface area contributed by atoms with Crippen LogP contribution >= 0.6 is 91.1 Å². The van der Waals surface area contributed by atoms with Gasteiger partial charge in [0.25, 0.3) is 5.56 Å². The number of fused-ring (bicyclic) bond motifs is 1. The molecule has 12 heteroatoms. The van der Waals surface area contributed by atoms with Crippen molar-refractivity contribution < 1.29 is 14.3 Å². The fourth-order valence-corrected chi connectivity index (χ4v) is 9.17. The number of carbonyl (C=O) groups excluding carboxylic acids is 1. The smallest absolute Gasteiger partial charge is 0.338 e. The lowest BCUT2D eigenvalue weighted by Crippen LogP contribution is -2.39. The topological polar surface area (TPSA) is 69.9 Å². The van der Waals surface area contributed by atoms with E-state index in [0.29, 0.717) is 37.3 Å². The van der Waals surface area contributed by atoms with Crippen molar-refractivity contribution in [2.45, 2.75) is 19.6 Å². The van der Waals surface area contributed by atoms with Crippen molar-refractivity contribution in [2.24, 2.45) is 4.99 Å². The average Bonchev–Trinajstić information content (AvgIpc) is 3.66. The fourth-order valence-electron chi connectivity index (χ4n) is 4.89. The highest BCUT2D eigenvalue weighted by molar-refractivity contribution is 14.1. The van der Waals surface area contributed by atoms with Crippen molar-refractivity contribution in [3.63, 3.8) is 0 Å². The zero-order valence-corrected chi connectivity index (χ0v) is 30.9. The van der Waals surface area contributed by atoms with Crippen molar-refractivity contribution >= 4 is 109 Å². The highest BCUT2D eigenvalue weighted by atomic mass is 127. The molecule has 1 aliphatic heterocycles. The van der Waals surface area contributed by atoms with Crippen molar-refractivity contribution in [1.82, 2.24) is 4.57 Å². The molecule has 1 aliphatic rings. The Hall–Kier alpha value is -2.49. The Morgan fingerprint density at radius 3 is 2.44 bits per heavy atom. The van der Waals surface area contributed by atoms with Crippen LogP contribution in [0.5, 0.6) is 5.75 Å². The van der Waals surface area contributed by atoms with Gasteiger partial charge in [-0.1, -0.05) is 77.0 Å². The molecule has 0 saturated heterocycles. The predicted molar refractivity (Wildman–Crippen MR) is 198 cm³/mol. The molecule has 0 aliphatic carbocycles. The van der Waals surface area contributed by atoms with E-state index >= 15 is 0 Å². The van der Waals surface area contributed by atoms with Gasteiger partial charge in [0.1, 0.15) is 18.4 Å². The number of nitrogens with zero attached hydrogens (tertiary/aromatic N) is 2. The summed E-state index contributed by atoms with van der Waals surface area (Å²) in [5, 5.41) is 2.91. The van der Waals surface area contributed by atoms with E-state index in [1.54, 1.807) is 23.6 Å². The molecular formula is C33H22Cl2I2N2O4S2. The molecule has 6 rings (SSSR count). The van der Waals surface area contributed by atoms with E-state index in [-0.39, 0.29) is 12.2 Å². The monoisotopic (exact) mass is 898 g/mol. The van der Waals surface area contributed by atoms with Gasteiger partial charge in [-0.3, -0.25) is 9.36 Å². The molecule has 0 bridgehead atoms. The van der Waals surface area contributed by atoms with Crippen LogP contribution in [0.15, 0.2) is 93.5 Å². The molecule has 0 radical (unpaired) electrons. The summed E-state index contributed by atoms with van der Waals surface area (Å²) in [5.41, 5.74) is 3.15. The summed E-state index contributed by atoms with van der Waals surface area (Å²) in [7, 11) is 0. The van der Waals surface area contributed by atoms with Crippen LogP contribution in [0.1, 0.15) is 34.5 Å². The molecule has 0 unspecified atom stereocenters. The first-order valence-corrected chi connectivity index (χ1v) is 18.2. The minimum Gasteiger partial charge on any atom is -0.487 e. The molecule has 0 amide bonds. The van der Waals surface area contributed by atoms with Gasteiger partial charge in [0.2, 0.25) is 0 Å². The first kappa shape index (κ1) is 32.5. The Bertz CT molecular complexity index is 2100. The zero-order chi connectivity index (χ0) is 31.7. The van der Waals surface area contributed by atoms with Crippen molar-refractivity contribution in [1.29, 1.82) is 0 Å². The lowest BCUT2D eigenvalue weighted by molar-refractivity contribution is -0.138. The number of thiazole rings is 1. The molecule has 0 N–H and O–H groups in total. The summed E-state index contributed by atoms with van der Waals surface area (Å²) in [6, 6.07) is 22.1. The summed E-state index contributed by atoms with van der Waals surface area (Å²) in [6.07, 6.45) is 1.86. The van der Waals surface area contributed by atoms with Crippen molar-refractivity contribution in [3.05, 3.63) is 142 Å². The van der Waals surface area contributed by atoms with E-state index in [0.717, 1.165) is 34.5 Å². The van der Waals surface area contributed by atoms with E-state index in [4.69, 9.17) is 37.7 Å². The van der Waals surface area contributed by atoms with Crippen molar-refractivity contribution in [3.8, 4) is 5.75 Å². The highest BCUT2D eigenvalue weighted by Crippen LogP contribution is 2.37. The van der Waals surface area contributed by atoms with Gasteiger partial charge in [-0.2, -0.15) is 0 Å². The number of esters is 1. The number of rotatable bonds is 8. The summed E-state index contributed by atoms with van der Waals surface area (Å²) in [5.74, 6) is 0.249. The van der Waals surface area contributed by atoms with Crippen LogP contribution in [0.3, 0.4) is 0 Å². The molecule has 228 valence electrons. The van der Waals surface area contributed by atoms with E-state index in [1.165, 1.54) is 22.7 Å². The number of thiophene rings is 1. The average molecular weight is 899 g/mol. The molecule has 5 aromatic rings. The van der Waals surface area contributed by atoms with Crippen LogP contribution in [0.2, 0.25) is 10.0 Å². The van der Waals surface area contributed by atoms with E-state index < -0.39 is 12.0 Å². The molecule has 3 aromatic carbocycles. The lowest BCUT2D eigenvalue weighted by Gasteiger charge is -2.24. The maximum atomic E-state index is 14.1. The molecule has 0 fully saturated rings. The molecule has 3 heterocycles. The number of carbonyl (C=O) groups is 1. The molecule has 2 aromatic heterocycles. The SMILES string of the molecule is CCOC(=O)C1=C(c2ccccc2)N=c2s/c(=C\c3cc(I)c(OCc4ccc(Cl)c(Cl)c4)c(I)c3)c(=O)n2[C@H]1c1cccs1. The van der Waals surface area contributed by atoms with Gasteiger partial charge < -0.3 is 9.47 Å². The minimum atomic E-state index is -0.671. The van der Waals surface area contributed by atoms with E-state index in [9.17, 15) is 9.59 Å². The van der Waals surface area contributed by atoms with Crippen LogP contribution in [0, 0.1) is 7.14 Å². The number of halogens is 4. The van der Waals surface area contributed by atoms with Gasteiger partial charge >= 0.3 is 5.97 Å². The van der Waals surface area contributed by atoms with Crippen LogP contribution in [0.4, 0.5) is 0 Å². The third kappa shape index (κ3) is 6.82. The number of hydrogen-bond acceptors (Lipinski definition) is 7. The molecule has 45 heavy (non-hydrogen) atoms. The fraction of sp³-hybridized carbons (Fsp3) is 0.121. The van der Waals surface area contributed by atoms with E-state index in [1.807, 2.05) is 72.1 Å². The third-order valence-corrected chi connectivity index (χ3v) is 11.1. The normalized spacial score (nSPS) is 14.7. The number of hydrogen-bond donors (Lipinski definition) is 0.